The number of piperidine rings is 1. The fourth-order valence-corrected chi connectivity index (χ4v) is 2.37. The third-order valence-corrected chi connectivity index (χ3v) is 2.97. The van der Waals surface area contributed by atoms with E-state index in [9.17, 15) is 4.79 Å². The van der Waals surface area contributed by atoms with Crippen LogP contribution in [0.1, 0.15) is 20.3 Å². The smallest absolute Gasteiger partial charge is 0.236 e. The Hall–Kier alpha value is -1.08. The average Bonchev–Trinajstić information content (AvgIpc) is 2.16. The topological polar surface area (TPSA) is 47.3 Å². The predicted octanol–water partition coefficient (Wildman–Crippen LogP) is 0.946. The number of hydrogen-bond acceptors (Lipinski definition) is 3. The molecule has 90 valence electrons. The normalized spacial score (nSPS) is 25.6. The van der Waals surface area contributed by atoms with Crippen LogP contribution in [0.4, 0.5) is 0 Å². The van der Waals surface area contributed by atoms with Gasteiger partial charge in [0.25, 0.3) is 0 Å². The van der Waals surface area contributed by atoms with E-state index in [-0.39, 0.29) is 5.91 Å². The van der Waals surface area contributed by atoms with Gasteiger partial charge in [-0.1, -0.05) is 13.8 Å². The Morgan fingerprint density at radius 3 is 2.50 bits per heavy atom. The first kappa shape index (κ1) is 13.0. The molecular weight excluding hydrogens is 202 g/mol. The second kappa shape index (κ2) is 5.86. The number of carbonyl (C=O) groups is 1. The van der Waals surface area contributed by atoms with Crippen molar-refractivity contribution in [3.05, 3.63) is 0 Å². The van der Waals surface area contributed by atoms with Gasteiger partial charge in [0.2, 0.25) is 5.91 Å². The lowest BCUT2D eigenvalue weighted by molar-refractivity contribution is -0.134. The van der Waals surface area contributed by atoms with Crippen LogP contribution >= 0.6 is 0 Å². The van der Waals surface area contributed by atoms with E-state index >= 15 is 0 Å². The first-order chi connectivity index (χ1) is 7.52. The summed E-state index contributed by atoms with van der Waals surface area (Å²) in [6, 6.07) is 2.05. The quantitative estimate of drug-likeness (QED) is 0.669. The molecule has 0 radical (unpaired) electrons. The second-order valence-electron chi connectivity index (χ2n) is 5.08. The molecule has 0 aromatic rings. The Labute approximate surface area is 97.8 Å². The van der Waals surface area contributed by atoms with Crippen molar-refractivity contribution >= 4 is 5.91 Å². The lowest BCUT2D eigenvalue weighted by Gasteiger charge is -2.35. The second-order valence-corrected chi connectivity index (χ2v) is 5.08. The molecular formula is C12H21N3O. The van der Waals surface area contributed by atoms with Crippen molar-refractivity contribution in [2.24, 2.45) is 11.8 Å². The van der Waals surface area contributed by atoms with Gasteiger partial charge in [0.15, 0.2) is 0 Å². The Bertz CT molecular complexity index is 274. The minimum Gasteiger partial charge on any atom is -0.341 e. The highest BCUT2D eigenvalue weighted by molar-refractivity contribution is 5.78. The average molecular weight is 223 g/mol. The summed E-state index contributed by atoms with van der Waals surface area (Å²) in [6.45, 7) is 6.77. The van der Waals surface area contributed by atoms with Crippen molar-refractivity contribution in [2.75, 3.05) is 33.2 Å². The first-order valence-electron chi connectivity index (χ1n) is 5.86. The van der Waals surface area contributed by atoms with Crippen molar-refractivity contribution in [2.45, 2.75) is 20.3 Å². The SMILES string of the molecule is CC1CC(C)CN(C(=O)CN(C)CC#N)C1. The van der Waals surface area contributed by atoms with Gasteiger partial charge in [-0.15, -0.1) is 0 Å². The third-order valence-electron chi connectivity index (χ3n) is 2.97. The molecule has 1 heterocycles. The molecule has 1 aliphatic rings. The molecule has 1 rings (SSSR count). The predicted molar refractivity (Wildman–Crippen MR) is 62.6 cm³/mol. The van der Waals surface area contributed by atoms with Crippen molar-refractivity contribution in [3.8, 4) is 6.07 Å². The number of amides is 1. The summed E-state index contributed by atoms with van der Waals surface area (Å²) >= 11 is 0. The highest BCUT2D eigenvalue weighted by Gasteiger charge is 2.25. The summed E-state index contributed by atoms with van der Waals surface area (Å²) in [7, 11) is 1.80. The van der Waals surface area contributed by atoms with Crippen LogP contribution in [0, 0.1) is 23.2 Å². The summed E-state index contributed by atoms with van der Waals surface area (Å²) in [6.07, 6.45) is 1.21. The Morgan fingerprint density at radius 1 is 1.44 bits per heavy atom. The number of likely N-dealkylation sites (tertiary alicyclic amines) is 1. The Morgan fingerprint density at radius 2 is 2.00 bits per heavy atom. The third kappa shape index (κ3) is 3.82. The minimum atomic E-state index is 0.149. The fourth-order valence-electron chi connectivity index (χ4n) is 2.37. The maximum Gasteiger partial charge on any atom is 0.236 e. The molecule has 0 spiro atoms. The maximum absolute atomic E-state index is 11.9. The van der Waals surface area contributed by atoms with Gasteiger partial charge in [-0.05, 0) is 25.3 Å². The monoisotopic (exact) mass is 223 g/mol. The van der Waals surface area contributed by atoms with E-state index in [1.54, 1.807) is 11.9 Å². The maximum atomic E-state index is 11.9. The molecule has 0 bridgehead atoms. The van der Waals surface area contributed by atoms with Crippen LogP contribution in [0.2, 0.25) is 0 Å². The molecule has 1 fully saturated rings. The van der Waals surface area contributed by atoms with Gasteiger partial charge in [0, 0.05) is 13.1 Å². The van der Waals surface area contributed by atoms with Crippen LogP contribution in [-0.2, 0) is 4.79 Å². The highest BCUT2D eigenvalue weighted by Crippen LogP contribution is 2.20. The van der Waals surface area contributed by atoms with Crippen LogP contribution in [-0.4, -0.2) is 48.9 Å². The molecule has 2 atom stereocenters. The molecule has 0 aliphatic carbocycles. The largest absolute Gasteiger partial charge is 0.341 e. The van der Waals surface area contributed by atoms with Gasteiger partial charge in [-0.2, -0.15) is 5.26 Å². The molecule has 4 nitrogen and oxygen atoms in total. The number of hydrogen-bond donors (Lipinski definition) is 0. The van der Waals surface area contributed by atoms with E-state index in [2.05, 4.69) is 13.8 Å². The molecule has 0 N–H and O–H groups in total. The van der Waals surface area contributed by atoms with Gasteiger partial charge in [0.1, 0.15) is 0 Å². The fraction of sp³-hybridized carbons (Fsp3) is 0.833. The molecule has 0 aromatic carbocycles. The summed E-state index contributed by atoms with van der Waals surface area (Å²) in [5.41, 5.74) is 0. The Balaban J connectivity index is 2.44. The molecule has 1 aliphatic heterocycles. The molecule has 1 amide bonds. The number of rotatable bonds is 3. The van der Waals surface area contributed by atoms with Crippen molar-refractivity contribution in [1.82, 2.24) is 9.80 Å². The van der Waals surface area contributed by atoms with Gasteiger partial charge in [0.05, 0.1) is 19.2 Å². The zero-order chi connectivity index (χ0) is 12.1. The molecule has 0 aromatic heterocycles. The molecule has 16 heavy (non-hydrogen) atoms. The van der Waals surface area contributed by atoms with E-state index < -0.39 is 0 Å². The van der Waals surface area contributed by atoms with Crippen molar-refractivity contribution in [3.63, 3.8) is 0 Å². The zero-order valence-electron chi connectivity index (χ0n) is 10.4. The molecule has 4 heteroatoms. The van der Waals surface area contributed by atoms with Crippen molar-refractivity contribution < 1.29 is 4.79 Å². The molecule has 0 saturated carbocycles. The van der Waals surface area contributed by atoms with Crippen LogP contribution in [0.25, 0.3) is 0 Å². The first-order valence-corrected chi connectivity index (χ1v) is 5.86. The van der Waals surface area contributed by atoms with Crippen LogP contribution in [0.3, 0.4) is 0 Å². The number of nitriles is 1. The van der Waals surface area contributed by atoms with Crippen molar-refractivity contribution in [1.29, 1.82) is 5.26 Å². The highest BCUT2D eigenvalue weighted by atomic mass is 16.2. The van der Waals surface area contributed by atoms with E-state index in [1.165, 1.54) is 6.42 Å². The Kier molecular flexibility index (Phi) is 4.75. The number of nitrogens with zero attached hydrogens (tertiary/aromatic N) is 3. The summed E-state index contributed by atoms with van der Waals surface area (Å²) < 4.78 is 0. The van der Waals surface area contributed by atoms with Crippen LogP contribution in [0.5, 0.6) is 0 Å². The van der Waals surface area contributed by atoms with Gasteiger partial charge >= 0.3 is 0 Å². The lowest BCUT2D eigenvalue weighted by Crippen LogP contribution is -2.46. The standard InChI is InChI=1S/C12H21N3O/c1-10-6-11(2)8-15(7-10)12(16)9-14(3)5-4-13/h10-11H,5-9H2,1-3H3. The summed E-state index contributed by atoms with van der Waals surface area (Å²) in [4.78, 5) is 15.6. The lowest BCUT2D eigenvalue weighted by atomic mass is 9.92. The van der Waals surface area contributed by atoms with Gasteiger partial charge < -0.3 is 4.90 Å². The van der Waals surface area contributed by atoms with Gasteiger partial charge in [-0.3, -0.25) is 9.69 Å². The zero-order valence-corrected chi connectivity index (χ0v) is 10.4. The van der Waals surface area contributed by atoms with Gasteiger partial charge in [-0.25, -0.2) is 0 Å². The summed E-state index contributed by atoms with van der Waals surface area (Å²) in [5, 5.41) is 8.53. The van der Waals surface area contributed by atoms with E-state index in [1.807, 2.05) is 11.0 Å². The van der Waals surface area contributed by atoms with Crippen LogP contribution < -0.4 is 0 Å². The molecule has 2 unspecified atom stereocenters. The van der Waals surface area contributed by atoms with E-state index in [0.29, 0.717) is 24.9 Å². The minimum absolute atomic E-state index is 0.149. The van der Waals surface area contributed by atoms with E-state index in [4.69, 9.17) is 5.26 Å². The van der Waals surface area contributed by atoms with E-state index in [0.717, 1.165) is 13.1 Å². The molecule has 1 saturated heterocycles. The number of carbonyl (C=O) groups excluding carboxylic acids is 1. The van der Waals surface area contributed by atoms with Crippen LogP contribution in [0.15, 0.2) is 0 Å². The number of likely N-dealkylation sites (N-methyl/N-ethyl adjacent to an activating group) is 1. The summed E-state index contributed by atoms with van der Waals surface area (Å²) in [5.74, 6) is 1.33.